The van der Waals surface area contributed by atoms with Crippen LogP contribution >= 0.6 is 11.3 Å². The Hall–Kier alpha value is -2.93. The maximum atomic E-state index is 12.6. The van der Waals surface area contributed by atoms with Crippen LogP contribution in [0.4, 0.5) is 5.82 Å². The number of para-hydroxylation sites is 2. The highest BCUT2D eigenvalue weighted by Gasteiger charge is 2.21. The molecule has 0 aliphatic carbocycles. The minimum Gasteiger partial charge on any atom is -0.338 e. The van der Waals surface area contributed by atoms with Crippen molar-refractivity contribution in [3.63, 3.8) is 0 Å². The fourth-order valence-electron chi connectivity index (χ4n) is 2.74. The number of aryl methyl sites for hydroxylation is 1. The van der Waals surface area contributed by atoms with Gasteiger partial charge in [0.15, 0.2) is 0 Å². The first-order valence-electron chi connectivity index (χ1n) is 7.93. The second kappa shape index (κ2) is 6.18. The van der Waals surface area contributed by atoms with Gasteiger partial charge < -0.3 is 10.3 Å². The monoisotopic (exact) mass is 351 g/mol. The lowest BCUT2D eigenvalue weighted by Crippen LogP contribution is -2.20. The van der Waals surface area contributed by atoms with Gasteiger partial charge in [0.25, 0.3) is 0 Å². The van der Waals surface area contributed by atoms with E-state index in [1.165, 1.54) is 0 Å². The number of hydrogen-bond acceptors (Lipinski definition) is 4. The molecule has 0 aliphatic heterocycles. The number of carbonyl (C=O) groups excluding carboxylic acids is 1. The average molecular weight is 351 g/mol. The molecule has 0 aliphatic rings. The fraction of sp³-hybridized carbons (Fsp3) is 0.167. The van der Waals surface area contributed by atoms with Crippen LogP contribution in [0.5, 0.6) is 0 Å². The lowest BCUT2D eigenvalue weighted by Gasteiger charge is -2.12. The van der Waals surface area contributed by atoms with Crippen LogP contribution in [0, 0.1) is 0 Å². The minimum absolute atomic E-state index is 0.0700. The number of thiophene rings is 1. The summed E-state index contributed by atoms with van der Waals surface area (Å²) in [5, 5.41) is 11.2. The zero-order valence-corrected chi connectivity index (χ0v) is 14.7. The molecule has 0 saturated carbocycles. The zero-order valence-electron chi connectivity index (χ0n) is 13.9. The maximum Gasteiger partial charge on any atom is 0.232 e. The largest absolute Gasteiger partial charge is 0.338 e. The van der Waals surface area contributed by atoms with E-state index >= 15 is 0 Å². The molecule has 126 valence electrons. The SMILES string of the molecule is CC(C(=O)Nc1c(-c2nc3ccccc3[nH]2)cnn1C)c1ccsc1. The first-order chi connectivity index (χ1) is 12.1. The zero-order chi connectivity index (χ0) is 17.4. The van der Waals surface area contributed by atoms with E-state index in [1.54, 1.807) is 29.3 Å². The molecular weight excluding hydrogens is 334 g/mol. The van der Waals surface area contributed by atoms with Crippen molar-refractivity contribution < 1.29 is 4.79 Å². The second-order valence-electron chi connectivity index (χ2n) is 5.90. The van der Waals surface area contributed by atoms with Crippen molar-refractivity contribution in [3.05, 3.63) is 52.9 Å². The van der Waals surface area contributed by atoms with Crippen LogP contribution in [0.15, 0.2) is 47.3 Å². The summed E-state index contributed by atoms with van der Waals surface area (Å²) in [4.78, 5) is 20.5. The van der Waals surface area contributed by atoms with Crippen molar-refractivity contribution in [1.82, 2.24) is 19.7 Å². The summed E-state index contributed by atoms with van der Waals surface area (Å²) >= 11 is 1.59. The molecule has 1 unspecified atom stereocenters. The van der Waals surface area contributed by atoms with Crippen LogP contribution < -0.4 is 5.32 Å². The smallest absolute Gasteiger partial charge is 0.232 e. The van der Waals surface area contributed by atoms with Gasteiger partial charge in [0.05, 0.1) is 28.7 Å². The molecule has 2 N–H and O–H groups in total. The van der Waals surface area contributed by atoms with Gasteiger partial charge in [-0.25, -0.2) is 4.98 Å². The number of nitrogens with zero attached hydrogens (tertiary/aromatic N) is 3. The summed E-state index contributed by atoms with van der Waals surface area (Å²) in [6.07, 6.45) is 1.71. The molecule has 4 rings (SSSR count). The van der Waals surface area contributed by atoms with Crippen molar-refractivity contribution in [2.75, 3.05) is 5.32 Å². The van der Waals surface area contributed by atoms with E-state index in [0.717, 1.165) is 22.2 Å². The molecule has 1 atom stereocenters. The molecule has 1 aromatic carbocycles. The van der Waals surface area contributed by atoms with Gasteiger partial charge in [-0.15, -0.1) is 0 Å². The minimum atomic E-state index is -0.232. The Balaban J connectivity index is 1.67. The number of imidazole rings is 1. The van der Waals surface area contributed by atoms with E-state index in [-0.39, 0.29) is 11.8 Å². The number of nitrogens with one attached hydrogen (secondary N) is 2. The third kappa shape index (κ3) is 2.83. The quantitative estimate of drug-likeness (QED) is 0.588. The molecule has 0 saturated heterocycles. The molecule has 25 heavy (non-hydrogen) atoms. The third-order valence-electron chi connectivity index (χ3n) is 4.26. The molecule has 1 amide bonds. The van der Waals surface area contributed by atoms with Gasteiger partial charge in [-0.1, -0.05) is 12.1 Å². The van der Waals surface area contributed by atoms with Crippen LogP contribution in [-0.4, -0.2) is 25.7 Å². The summed E-state index contributed by atoms with van der Waals surface area (Å²) in [5.41, 5.74) is 3.61. The highest BCUT2D eigenvalue weighted by atomic mass is 32.1. The Morgan fingerprint density at radius 2 is 2.16 bits per heavy atom. The summed E-state index contributed by atoms with van der Waals surface area (Å²) in [7, 11) is 1.80. The first-order valence-corrected chi connectivity index (χ1v) is 8.88. The van der Waals surface area contributed by atoms with Crippen molar-refractivity contribution in [3.8, 4) is 11.4 Å². The number of rotatable bonds is 4. The van der Waals surface area contributed by atoms with Crippen molar-refractivity contribution in [2.45, 2.75) is 12.8 Å². The molecule has 3 aromatic heterocycles. The number of aromatic nitrogens is 4. The number of aromatic amines is 1. The standard InChI is InChI=1S/C18H17N5OS/c1-11(12-7-8-25-10-12)18(24)22-17-13(9-19-23(17)2)16-20-14-5-3-4-6-15(14)21-16/h3-11H,1-2H3,(H,20,21)(H,22,24). The predicted octanol–water partition coefficient (Wildman–Crippen LogP) is 3.77. The lowest BCUT2D eigenvalue weighted by atomic mass is 10.0. The number of H-pyrrole nitrogens is 1. The van der Waals surface area contributed by atoms with Gasteiger partial charge in [-0.2, -0.15) is 16.4 Å². The summed E-state index contributed by atoms with van der Waals surface area (Å²) < 4.78 is 1.65. The number of hydrogen-bond donors (Lipinski definition) is 2. The van der Waals surface area contributed by atoms with Crippen LogP contribution in [0.25, 0.3) is 22.4 Å². The van der Waals surface area contributed by atoms with Crippen LogP contribution in [0.3, 0.4) is 0 Å². The molecular formula is C18H17N5OS. The number of carbonyl (C=O) groups is 1. The Labute approximate surface area is 148 Å². The molecule has 4 aromatic rings. The molecule has 7 heteroatoms. The molecule has 0 fully saturated rings. The van der Waals surface area contributed by atoms with Crippen LogP contribution in [-0.2, 0) is 11.8 Å². The first kappa shape index (κ1) is 15.6. The van der Waals surface area contributed by atoms with Gasteiger partial charge in [0.2, 0.25) is 5.91 Å². The van der Waals surface area contributed by atoms with E-state index in [1.807, 2.05) is 48.0 Å². The molecule has 0 spiro atoms. The Bertz CT molecular complexity index is 998. The van der Waals surface area contributed by atoms with E-state index < -0.39 is 0 Å². The normalized spacial score (nSPS) is 12.4. The predicted molar refractivity (Wildman–Crippen MR) is 99.7 cm³/mol. The van der Waals surface area contributed by atoms with Gasteiger partial charge in [0, 0.05) is 7.05 Å². The lowest BCUT2D eigenvalue weighted by molar-refractivity contribution is -0.117. The molecule has 3 heterocycles. The molecule has 6 nitrogen and oxygen atoms in total. The van der Waals surface area contributed by atoms with Gasteiger partial charge in [-0.3, -0.25) is 9.48 Å². The van der Waals surface area contributed by atoms with E-state index in [2.05, 4.69) is 20.4 Å². The van der Waals surface area contributed by atoms with E-state index in [4.69, 9.17) is 0 Å². The van der Waals surface area contributed by atoms with E-state index in [9.17, 15) is 4.79 Å². The van der Waals surface area contributed by atoms with Crippen LogP contribution in [0.2, 0.25) is 0 Å². The average Bonchev–Trinajstić information content (AvgIpc) is 3.34. The summed E-state index contributed by atoms with van der Waals surface area (Å²) in [5.74, 6) is 1.02. The van der Waals surface area contributed by atoms with Gasteiger partial charge >= 0.3 is 0 Å². The summed E-state index contributed by atoms with van der Waals surface area (Å²) in [6.45, 7) is 1.90. The maximum absolute atomic E-state index is 12.6. The van der Waals surface area contributed by atoms with Gasteiger partial charge in [0.1, 0.15) is 11.6 Å². The van der Waals surface area contributed by atoms with Gasteiger partial charge in [-0.05, 0) is 41.4 Å². The number of amides is 1. The number of fused-ring (bicyclic) bond motifs is 1. The topological polar surface area (TPSA) is 75.6 Å². The second-order valence-corrected chi connectivity index (χ2v) is 6.68. The Morgan fingerprint density at radius 1 is 1.32 bits per heavy atom. The highest BCUT2D eigenvalue weighted by molar-refractivity contribution is 7.08. The third-order valence-corrected chi connectivity index (χ3v) is 4.96. The van der Waals surface area contributed by atoms with E-state index in [0.29, 0.717) is 11.6 Å². The van der Waals surface area contributed by atoms with Crippen molar-refractivity contribution in [2.24, 2.45) is 7.05 Å². The Morgan fingerprint density at radius 3 is 2.92 bits per heavy atom. The molecule has 0 radical (unpaired) electrons. The van der Waals surface area contributed by atoms with Crippen molar-refractivity contribution in [1.29, 1.82) is 0 Å². The Kier molecular flexibility index (Phi) is 3.85. The highest BCUT2D eigenvalue weighted by Crippen LogP contribution is 2.28. The van der Waals surface area contributed by atoms with Crippen LogP contribution in [0.1, 0.15) is 18.4 Å². The number of anilines is 1. The molecule has 0 bridgehead atoms. The van der Waals surface area contributed by atoms with Crippen molar-refractivity contribution >= 4 is 34.1 Å². The summed E-state index contributed by atoms with van der Waals surface area (Å²) in [6, 6.07) is 9.79. The number of benzene rings is 1. The fourth-order valence-corrected chi connectivity index (χ4v) is 3.49.